The largest absolute Gasteiger partial charge is 0.352 e. The van der Waals surface area contributed by atoms with Crippen molar-refractivity contribution in [3.63, 3.8) is 0 Å². The summed E-state index contributed by atoms with van der Waals surface area (Å²) in [5.74, 6) is 0.432. The van der Waals surface area contributed by atoms with Crippen molar-refractivity contribution < 1.29 is 4.79 Å². The quantitative estimate of drug-likeness (QED) is 0.818. The van der Waals surface area contributed by atoms with Crippen molar-refractivity contribution in [1.82, 2.24) is 5.32 Å². The number of carbonyl (C=O) groups excluding carboxylic acids is 1. The third-order valence-corrected chi connectivity index (χ3v) is 4.02. The molecule has 1 aliphatic carbocycles. The zero-order valence-electron chi connectivity index (χ0n) is 11.5. The monoisotopic (exact) mass is 260 g/mol. The van der Waals surface area contributed by atoms with E-state index in [0.29, 0.717) is 13.1 Å². The molecule has 0 radical (unpaired) electrons. The molecule has 0 heterocycles. The smallest absolute Gasteiger partial charge is 0.223 e. The van der Waals surface area contributed by atoms with Crippen molar-refractivity contribution >= 4 is 5.91 Å². The van der Waals surface area contributed by atoms with Gasteiger partial charge in [-0.25, -0.2) is 0 Å². The normalized spacial score (nSPS) is 16.9. The summed E-state index contributed by atoms with van der Waals surface area (Å²) in [5.41, 5.74) is 7.95. The Morgan fingerprint density at radius 2 is 1.74 bits per heavy atom. The Labute approximate surface area is 115 Å². The van der Waals surface area contributed by atoms with Gasteiger partial charge in [-0.2, -0.15) is 0 Å². The Morgan fingerprint density at radius 1 is 1.11 bits per heavy atom. The topological polar surface area (TPSA) is 55.1 Å². The molecule has 3 N–H and O–H groups in total. The van der Waals surface area contributed by atoms with Gasteiger partial charge in [0.05, 0.1) is 0 Å². The number of amides is 1. The lowest BCUT2D eigenvalue weighted by atomic mass is 9.99. The van der Waals surface area contributed by atoms with Gasteiger partial charge in [-0.15, -0.1) is 0 Å². The fourth-order valence-electron chi connectivity index (χ4n) is 2.80. The first-order valence-corrected chi connectivity index (χ1v) is 7.36. The van der Waals surface area contributed by atoms with E-state index < -0.39 is 0 Å². The van der Waals surface area contributed by atoms with E-state index >= 15 is 0 Å². The first-order valence-electron chi connectivity index (χ1n) is 7.36. The molecule has 3 nitrogen and oxygen atoms in total. The van der Waals surface area contributed by atoms with Crippen molar-refractivity contribution in [1.29, 1.82) is 0 Å². The molecule has 1 amide bonds. The van der Waals surface area contributed by atoms with Gasteiger partial charge >= 0.3 is 0 Å². The van der Waals surface area contributed by atoms with E-state index in [-0.39, 0.29) is 11.8 Å². The molecule has 1 saturated carbocycles. The molecular weight excluding hydrogens is 236 g/mol. The molecule has 0 saturated heterocycles. The SMILES string of the molecule is NCc1ccccc1CNC(=O)C1CCCCCC1. The Balaban J connectivity index is 1.88. The van der Waals surface area contributed by atoms with E-state index in [9.17, 15) is 4.79 Å². The van der Waals surface area contributed by atoms with Crippen molar-refractivity contribution in [2.75, 3.05) is 0 Å². The maximum absolute atomic E-state index is 12.2. The molecule has 0 aliphatic heterocycles. The minimum absolute atomic E-state index is 0.215. The maximum atomic E-state index is 12.2. The van der Waals surface area contributed by atoms with Gasteiger partial charge in [0.2, 0.25) is 5.91 Å². The summed E-state index contributed by atoms with van der Waals surface area (Å²) in [4.78, 5) is 12.2. The molecule has 0 spiro atoms. The molecule has 2 rings (SSSR count). The van der Waals surface area contributed by atoms with Gasteiger partial charge < -0.3 is 11.1 Å². The Bertz CT molecular complexity index is 409. The summed E-state index contributed by atoms with van der Waals surface area (Å²) >= 11 is 0. The number of rotatable bonds is 4. The third-order valence-electron chi connectivity index (χ3n) is 4.02. The molecule has 1 aromatic rings. The van der Waals surface area contributed by atoms with Crippen LogP contribution in [0.3, 0.4) is 0 Å². The van der Waals surface area contributed by atoms with E-state index in [1.54, 1.807) is 0 Å². The van der Waals surface area contributed by atoms with E-state index in [1.807, 2.05) is 24.3 Å². The van der Waals surface area contributed by atoms with Crippen molar-refractivity contribution in [2.45, 2.75) is 51.6 Å². The molecule has 19 heavy (non-hydrogen) atoms. The molecule has 0 aromatic heterocycles. The van der Waals surface area contributed by atoms with Crippen LogP contribution in [0.2, 0.25) is 0 Å². The van der Waals surface area contributed by atoms with Crippen LogP contribution >= 0.6 is 0 Å². The van der Waals surface area contributed by atoms with Crippen LogP contribution in [0.15, 0.2) is 24.3 Å². The lowest BCUT2D eigenvalue weighted by Crippen LogP contribution is -2.30. The number of carbonyl (C=O) groups is 1. The molecule has 0 unspecified atom stereocenters. The summed E-state index contributed by atoms with van der Waals surface area (Å²) in [7, 11) is 0. The highest BCUT2D eigenvalue weighted by Crippen LogP contribution is 2.23. The first kappa shape index (κ1) is 14.1. The first-order chi connectivity index (χ1) is 9.31. The van der Waals surface area contributed by atoms with Gasteiger partial charge in [0, 0.05) is 19.0 Å². The van der Waals surface area contributed by atoms with Gasteiger partial charge in [0.1, 0.15) is 0 Å². The van der Waals surface area contributed by atoms with Crippen LogP contribution in [0, 0.1) is 5.92 Å². The van der Waals surface area contributed by atoms with Gasteiger partial charge in [-0.05, 0) is 24.0 Å². The predicted octanol–water partition coefficient (Wildman–Crippen LogP) is 2.73. The second-order valence-corrected chi connectivity index (χ2v) is 5.38. The highest BCUT2D eigenvalue weighted by Gasteiger charge is 2.19. The van der Waals surface area contributed by atoms with Crippen molar-refractivity contribution in [2.24, 2.45) is 11.7 Å². The van der Waals surface area contributed by atoms with Crippen LogP contribution in [0.5, 0.6) is 0 Å². The second kappa shape index (κ2) is 7.29. The van der Waals surface area contributed by atoms with Crippen LogP contribution in [0.25, 0.3) is 0 Å². The minimum Gasteiger partial charge on any atom is -0.352 e. The zero-order valence-corrected chi connectivity index (χ0v) is 11.5. The minimum atomic E-state index is 0.215. The zero-order chi connectivity index (χ0) is 13.5. The predicted molar refractivity (Wildman–Crippen MR) is 77.4 cm³/mol. The average molecular weight is 260 g/mol. The van der Waals surface area contributed by atoms with Crippen molar-refractivity contribution in [3.8, 4) is 0 Å². The Morgan fingerprint density at radius 3 is 2.37 bits per heavy atom. The van der Waals surface area contributed by atoms with Crippen LogP contribution < -0.4 is 11.1 Å². The summed E-state index contributed by atoms with van der Waals surface area (Å²) in [6, 6.07) is 8.04. The van der Waals surface area contributed by atoms with Gasteiger partial charge in [-0.3, -0.25) is 4.79 Å². The molecular formula is C16H24N2O. The van der Waals surface area contributed by atoms with Crippen molar-refractivity contribution in [3.05, 3.63) is 35.4 Å². The summed E-state index contributed by atoms with van der Waals surface area (Å²) in [6.07, 6.45) is 7.03. The average Bonchev–Trinajstić information content (AvgIpc) is 2.74. The molecule has 0 bridgehead atoms. The van der Waals surface area contributed by atoms with Crippen LogP contribution in [0.4, 0.5) is 0 Å². The van der Waals surface area contributed by atoms with Gasteiger partial charge in [0.15, 0.2) is 0 Å². The number of hydrogen-bond acceptors (Lipinski definition) is 2. The number of benzene rings is 1. The fraction of sp³-hybridized carbons (Fsp3) is 0.562. The summed E-state index contributed by atoms with van der Waals surface area (Å²) < 4.78 is 0. The summed E-state index contributed by atoms with van der Waals surface area (Å²) in [6.45, 7) is 1.12. The van der Waals surface area contributed by atoms with Crippen LogP contribution in [-0.2, 0) is 17.9 Å². The lowest BCUT2D eigenvalue weighted by molar-refractivity contribution is -0.125. The number of nitrogens with two attached hydrogens (primary N) is 1. The molecule has 1 fully saturated rings. The highest BCUT2D eigenvalue weighted by atomic mass is 16.1. The molecule has 1 aliphatic rings. The number of nitrogens with one attached hydrogen (secondary N) is 1. The lowest BCUT2D eigenvalue weighted by Gasteiger charge is -2.15. The molecule has 1 aromatic carbocycles. The van der Waals surface area contributed by atoms with E-state index in [1.165, 1.54) is 25.7 Å². The number of hydrogen-bond donors (Lipinski definition) is 2. The van der Waals surface area contributed by atoms with E-state index in [2.05, 4.69) is 5.32 Å². The van der Waals surface area contributed by atoms with E-state index in [4.69, 9.17) is 5.73 Å². The Kier molecular flexibility index (Phi) is 5.40. The summed E-state index contributed by atoms with van der Waals surface area (Å²) in [5, 5.41) is 3.08. The fourth-order valence-corrected chi connectivity index (χ4v) is 2.80. The highest BCUT2D eigenvalue weighted by molar-refractivity contribution is 5.78. The third kappa shape index (κ3) is 4.06. The maximum Gasteiger partial charge on any atom is 0.223 e. The van der Waals surface area contributed by atoms with E-state index in [0.717, 1.165) is 24.0 Å². The molecule has 104 valence electrons. The van der Waals surface area contributed by atoms with Crippen LogP contribution in [0.1, 0.15) is 49.7 Å². The standard InChI is InChI=1S/C16H24N2O/c17-11-14-9-5-6-10-15(14)12-18-16(19)13-7-3-1-2-4-8-13/h5-6,9-10,13H,1-4,7-8,11-12,17H2,(H,18,19). The second-order valence-electron chi connectivity index (χ2n) is 5.38. The van der Waals surface area contributed by atoms with Crippen LogP contribution in [-0.4, -0.2) is 5.91 Å². The van der Waals surface area contributed by atoms with Gasteiger partial charge in [0.25, 0.3) is 0 Å². The molecule has 0 atom stereocenters. The van der Waals surface area contributed by atoms with Gasteiger partial charge in [-0.1, -0.05) is 49.9 Å². The Hall–Kier alpha value is -1.35. The molecule has 3 heteroatoms.